The second kappa shape index (κ2) is 6.72. The molecule has 0 saturated carbocycles. The van der Waals surface area contributed by atoms with Crippen LogP contribution in [0.1, 0.15) is 38.3 Å². The largest absolute Gasteiger partial charge is 0.481 e. The molecule has 1 aromatic rings. The van der Waals surface area contributed by atoms with E-state index in [0.29, 0.717) is 6.42 Å². The Kier molecular flexibility index (Phi) is 4.96. The number of rotatable bonds is 5. The first kappa shape index (κ1) is 15.5. The molecule has 0 aliphatic carbocycles. The summed E-state index contributed by atoms with van der Waals surface area (Å²) in [6.07, 6.45) is 1.12. The summed E-state index contributed by atoms with van der Waals surface area (Å²) in [4.78, 5) is 23.6. The molecule has 114 valence electrons. The molecule has 4 atom stereocenters. The van der Waals surface area contributed by atoms with Crippen LogP contribution in [0.25, 0.3) is 0 Å². The molecule has 21 heavy (non-hydrogen) atoms. The van der Waals surface area contributed by atoms with Gasteiger partial charge >= 0.3 is 5.97 Å². The third-order valence-corrected chi connectivity index (χ3v) is 3.87. The molecule has 1 aromatic carbocycles. The highest BCUT2D eigenvalue weighted by Crippen LogP contribution is 2.25. The second-order valence-corrected chi connectivity index (χ2v) is 5.54. The number of carboxylic acid groups (broad SMARTS) is 1. The summed E-state index contributed by atoms with van der Waals surface area (Å²) in [6.45, 7) is 3.53. The topological polar surface area (TPSA) is 75.6 Å². The first-order valence-corrected chi connectivity index (χ1v) is 7.22. The molecule has 1 heterocycles. The number of ether oxygens (including phenoxy) is 1. The molecular weight excluding hydrogens is 270 g/mol. The van der Waals surface area contributed by atoms with Gasteiger partial charge in [-0.3, -0.25) is 9.59 Å². The van der Waals surface area contributed by atoms with E-state index in [-0.39, 0.29) is 12.0 Å². The van der Waals surface area contributed by atoms with Crippen LogP contribution in [-0.2, 0) is 14.3 Å². The van der Waals surface area contributed by atoms with Crippen molar-refractivity contribution in [2.24, 2.45) is 5.92 Å². The fourth-order valence-electron chi connectivity index (χ4n) is 2.54. The van der Waals surface area contributed by atoms with Crippen LogP contribution in [-0.4, -0.2) is 29.2 Å². The van der Waals surface area contributed by atoms with Gasteiger partial charge < -0.3 is 15.2 Å². The van der Waals surface area contributed by atoms with Crippen molar-refractivity contribution in [3.05, 3.63) is 35.9 Å². The zero-order valence-corrected chi connectivity index (χ0v) is 12.3. The molecule has 1 amide bonds. The Morgan fingerprint density at radius 1 is 1.29 bits per heavy atom. The van der Waals surface area contributed by atoms with Crippen molar-refractivity contribution in [2.75, 3.05) is 0 Å². The van der Waals surface area contributed by atoms with Crippen LogP contribution in [0.5, 0.6) is 0 Å². The average molecular weight is 291 g/mol. The molecule has 4 unspecified atom stereocenters. The molecule has 1 saturated heterocycles. The number of carboxylic acids is 1. The number of amides is 1. The summed E-state index contributed by atoms with van der Waals surface area (Å²) in [5.74, 6) is -1.89. The Labute approximate surface area is 124 Å². The smallest absolute Gasteiger partial charge is 0.308 e. The van der Waals surface area contributed by atoms with Crippen LogP contribution in [0, 0.1) is 5.92 Å². The maximum atomic E-state index is 12.3. The predicted molar refractivity (Wildman–Crippen MR) is 77.7 cm³/mol. The molecule has 0 radical (unpaired) electrons. The van der Waals surface area contributed by atoms with E-state index < -0.39 is 24.0 Å². The highest BCUT2D eigenvalue weighted by molar-refractivity contribution is 5.82. The Hall–Kier alpha value is -1.88. The average Bonchev–Trinajstić information content (AvgIpc) is 2.91. The minimum Gasteiger partial charge on any atom is -0.481 e. The molecule has 2 N–H and O–H groups in total. The summed E-state index contributed by atoms with van der Waals surface area (Å²) in [6, 6.07) is 8.60. The summed E-state index contributed by atoms with van der Waals surface area (Å²) >= 11 is 0. The molecule has 0 spiro atoms. The van der Waals surface area contributed by atoms with Gasteiger partial charge in [-0.2, -0.15) is 0 Å². The van der Waals surface area contributed by atoms with E-state index in [4.69, 9.17) is 4.74 Å². The molecule has 0 bridgehead atoms. The van der Waals surface area contributed by atoms with Gasteiger partial charge in [0.15, 0.2) is 0 Å². The molecular formula is C16H21NO4. The summed E-state index contributed by atoms with van der Waals surface area (Å²) < 4.78 is 5.54. The molecule has 5 heteroatoms. The van der Waals surface area contributed by atoms with E-state index in [1.165, 1.54) is 0 Å². The van der Waals surface area contributed by atoms with E-state index in [1.807, 2.05) is 37.3 Å². The van der Waals surface area contributed by atoms with Crippen LogP contribution >= 0.6 is 0 Å². The second-order valence-electron chi connectivity index (χ2n) is 5.54. The van der Waals surface area contributed by atoms with Gasteiger partial charge in [-0.25, -0.2) is 0 Å². The van der Waals surface area contributed by atoms with E-state index >= 15 is 0 Å². The first-order chi connectivity index (χ1) is 9.99. The van der Waals surface area contributed by atoms with Crippen molar-refractivity contribution in [1.29, 1.82) is 0 Å². The highest BCUT2D eigenvalue weighted by Gasteiger charge is 2.32. The van der Waals surface area contributed by atoms with E-state index in [0.717, 1.165) is 12.0 Å². The lowest BCUT2D eigenvalue weighted by Gasteiger charge is -2.24. The maximum absolute atomic E-state index is 12.3. The van der Waals surface area contributed by atoms with Gasteiger partial charge in [-0.15, -0.1) is 0 Å². The molecule has 5 nitrogen and oxygen atoms in total. The predicted octanol–water partition coefficient (Wildman–Crippen LogP) is 2.13. The Bertz CT molecular complexity index is 502. The summed E-state index contributed by atoms with van der Waals surface area (Å²) in [5, 5.41) is 12.1. The third kappa shape index (κ3) is 3.82. The van der Waals surface area contributed by atoms with Crippen molar-refractivity contribution in [1.82, 2.24) is 5.32 Å². The number of carbonyl (C=O) groups is 2. The van der Waals surface area contributed by atoms with Gasteiger partial charge in [0.05, 0.1) is 18.1 Å². The third-order valence-electron chi connectivity index (χ3n) is 3.87. The van der Waals surface area contributed by atoms with Crippen LogP contribution in [0.2, 0.25) is 0 Å². The maximum Gasteiger partial charge on any atom is 0.308 e. The van der Waals surface area contributed by atoms with Crippen LogP contribution in [0.3, 0.4) is 0 Å². The van der Waals surface area contributed by atoms with E-state index in [2.05, 4.69) is 5.32 Å². The number of hydrogen-bond acceptors (Lipinski definition) is 3. The van der Waals surface area contributed by atoms with Crippen LogP contribution < -0.4 is 5.32 Å². The van der Waals surface area contributed by atoms with Gasteiger partial charge in [-0.1, -0.05) is 30.3 Å². The lowest BCUT2D eigenvalue weighted by Crippen LogP contribution is -2.41. The van der Waals surface area contributed by atoms with Crippen molar-refractivity contribution in [2.45, 2.75) is 44.9 Å². The van der Waals surface area contributed by atoms with Gasteiger partial charge in [0.25, 0.3) is 0 Å². The fourth-order valence-corrected chi connectivity index (χ4v) is 2.54. The number of benzene rings is 1. The lowest BCUT2D eigenvalue weighted by atomic mass is 9.94. The number of hydrogen-bond donors (Lipinski definition) is 2. The zero-order valence-electron chi connectivity index (χ0n) is 12.3. The summed E-state index contributed by atoms with van der Waals surface area (Å²) in [5.41, 5.74) is 0.784. The first-order valence-electron chi connectivity index (χ1n) is 7.22. The normalized spacial score (nSPS) is 24.3. The lowest BCUT2D eigenvalue weighted by molar-refractivity contribution is -0.143. The zero-order chi connectivity index (χ0) is 15.4. The van der Waals surface area contributed by atoms with E-state index in [9.17, 15) is 14.7 Å². The van der Waals surface area contributed by atoms with Crippen molar-refractivity contribution >= 4 is 11.9 Å². The van der Waals surface area contributed by atoms with E-state index in [1.54, 1.807) is 6.92 Å². The number of aliphatic carboxylic acids is 1. The van der Waals surface area contributed by atoms with Crippen molar-refractivity contribution < 1.29 is 19.4 Å². The van der Waals surface area contributed by atoms with Crippen LogP contribution in [0.15, 0.2) is 30.3 Å². The Morgan fingerprint density at radius 3 is 2.48 bits per heavy atom. The van der Waals surface area contributed by atoms with Crippen molar-refractivity contribution in [3.8, 4) is 0 Å². The SMILES string of the molecule is CC1CCC(C(=O)NC(c2ccccc2)C(C)C(=O)O)O1. The van der Waals surface area contributed by atoms with Gasteiger partial charge in [-0.05, 0) is 32.3 Å². The van der Waals surface area contributed by atoms with Crippen LogP contribution in [0.4, 0.5) is 0 Å². The minimum absolute atomic E-state index is 0.0767. The monoisotopic (exact) mass is 291 g/mol. The highest BCUT2D eigenvalue weighted by atomic mass is 16.5. The summed E-state index contributed by atoms with van der Waals surface area (Å²) in [7, 11) is 0. The molecule has 1 fully saturated rings. The standard InChI is InChI=1S/C16H21NO4/c1-10-8-9-13(21-10)15(18)17-14(11(2)16(19)20)12-6-4-3-5-7-12/h3-7,10-11,13-14H,8-9H2,1-2H3,(H,17,18)(H,19,20). The van der Waals surface area contributed by atoms with Gasteiger partial charge in [0, 0.05) is 0 Å². The van der Waals surface area contributed by atoms with Gasteiger partial charge in [0.1, 0.15) is 6.10 Å². The van der Waals surface area contributed by atoms with Crippen molar-refractivity contribution in [3.63, 3.8) is 0 Å². The molecule has 1 aliphatic rings. The Balaban J connectivity index is 2.13. The minimum atomic E-state index is -0.940. The molecule has 0 aromatic heterocycles. The fraction of sp³-hybridized carbons (Fsp3) is 0.500. The quantitative estimate of drug-likeness (QED) is 0.871. The molecule has 2 rings (SSSR count). The number of carbonyl (C=O) groups excluding carboxylic acids is 1. The Morgan fingerprint density at radius 2 is 1.95 bits per heavy atom. The number of nitrogens with one attached hydrogen (secondary N) is 1. The van der Waals surface area contributed by atoms with Gasteiger partial charge in [0.2, 0.25) is 5.91 Å². The molecule has 1 aliphatic heterocycles.